The summed E-state index contributed by atoms with van der Waals surface area (Å²) in [7, 11) is -2.91. The largest absolute Gasteiger partial charge is 0.327 e. The van der Waals surface area contributed by atoms with E-state index in [1.807, 2.05) is 12.1 Å². The van der Waals surface area contributed by atoms with Crippen molar-refractivity contribution in [2.24, 2.45) is 5.73 Å². The first-order chi connectivity index (χ1) is 7.08. The van der Waals surface area contributed by atoms with Crippen LogP contribution in [0.4, 0.5) is 0 Å². The van der Waals surface area contributed by atoms with Gasteiger partial charge in [0.25, 0.3) is 0 Å². The van der Waals surface area contributed by atoms with Crippen LogP contribution in [0.5, 0.6) is 0 Å². The Balaban J connectivity index is 2.28. The van der Waals surface area contributed by atoms with Crippen LogP contribution in [-0.2, 0) is 9.84 Å². The number of sulfone groups is 1. The number of hydrogen-bond acceptors (Lipinski definition) is 4. The molecule has 1 aliphatic heterocycles. The molecule has 1 saturated heterocycles. The molecule has 82 valence electrons. The molecule has 1 aliphatic rings. The molecule has 0 bridgehead atoms. The smallest absolute Gasteiger partial charge is 0.151 e. The molecule has 0 aliphatic carbocycles. The molecule has 1 fully saturated rings. The zero-order valence-electron chi connectivity index (χ0n) is 8.33. The molecule has 1 aromatic rings. The van der Waals surface area contributed by atoms with E-state index < -0.39 is 9.84 Å². The molecular formula is C10H14N2O2S. The van der Waals surface area contributed by atoms with E-state index >= 15 is 0 Å². The topological polar surface area (TPSA) is 73.1 Å². The zero-order chi connectivity index (χ0) is 10.9. The first-order valence-corrected chi connectivity index (χ1v) is 6.76. The molecule has 2 atom stereocenters. The fraction of sp³-hybridized carbons (Fsp3) is 0.500. The molecule has 0 radical (unpaired) electrons. The van der Waals surface area contributed by atoms with Gasteiger partial charge in [-0.15, -0.1) is 0 Å². The van der Waals surface area contributed by atoms with Gasteiger partial charge in [-0.3, -0.25) is 4.98 Å². The summed E-state index contributed by atoms with van der Waals surface area (Å²) in [5.41, 5.74) is 6.92. The third-order valence-electron chi connectivity index (χ3n) is 2.85. The Morgan fingerprint density at radius 3 is 2.67 bits per heavy atom. The van der Waals surface area contributed by atoms with Crippen LogP contribution in [-0.4, -0.2) is 30.9 Å². The summed E-state index contributed by atoms with van der Waals surface area (Å²) in [6.07, 6.45) is 3.89. The van der Waals surface area contributed by atoms with Crippen molar-refractivity contribution in [1.82, 2.24) is 4.98 Å². The maximum atomic E-state index is 11.5. The molecular weight excluding hydrogens is 212 g/mol. The number of hydrogen-bond donors (Lipinski definition) is 1. The highest BCUT2D eigenvalue weighted by Crippen LogP contribution is 2.26. The molecule has 0 saturated carbocycles. The Kier molecular flexibility index (Phi) is 2.75. The van der Waals surface area contributed by atoms with E-state index in [0.717, 1.165) is 5.56 Å². The summed E-state index contributed by atoms with van der Waals surface area (Å²) in [5, 5.41) is 0. The van der Waals surface area contributed by atoms with Gasteiger partial charge < -0.3 is 5.73 Å². The van der Waals surface area contributed by atoms with Crippen LogP contribution < -0.4 is 5.73 Å². The molecule has 1 aromatic heterocycles. The highest BCUT2D eigenvalue weighted by molar-refractivity contribution is 7.91. The quantitative estimate of drug-likeness (QED) is 0.748. The summed E-state index contributed by atoms with van der Waals surface area (Å²) < 4.78 is 23.0. The first kappa shape index (κ1) is 10.6. The third-order valence-corrected chi connectivity index (χ3v) is 4.57. The second-order valence-electron chi connectivity index (χ2n) is 3.95. The van der Waals surface area contributed by atoms with E-state index in [-0.39, 0.29) is 23.5 Å². The summed E-state index contributed by atoms with van der Waals surface area (Å²) in [6, 6.07) is 3.62. The number of rotatable bonds is 1. The molecule has 15 heavy (non-hydrogen) atoms. The van der Waals surface area contributed by atoms with Gasteiger partial charge >= 0.3 is 0 Å². The zero-order valence-corrected chi connectivity index (χ0v) is 9.15. The summed E-state index contributed by atoms with van der Waals surface area (Å²) >= 11 is 0. The van der Waals surface area contributed by atoms with Gasteiger partial charge in [-0.2, -0.15) is 0 Å². The lowest BCUT2D eigenvalue weighted by atomic mass is 9.92. The predicted molar refractivity (Wildman–Crippen MR) is 58.2 cm³/mol. The SMILES string of the molecule is NC1CCS(=O)(=O)CC1c1ccncc1. The van der Waals surface area contributed by atoms with Crippen molar-refractivity contribution in [3.63, 3.8) is 0 Å². The van der Waals surface area contributed by atoms with Gasteiger partial charge in [-0.1, -0.05) is 0 Å². The van der Waals surface area contributed by atoms with Crippen molar-refractivity contribution in [3.05, 3.63) is 30.1 Å². The Labute approximate surface area is 89.4 Å². The van der Waals surface area contributed by atoms with E-state index in [2.05, 4.69) is 4.98 Å². The monoisotopic (exact) mass is 226 g/mol. The van der Waals surface area contributed by atoms with Gasteiger partial charge in [0.2, 0.25) is 0 Å². The van der Waals surface area contributed by atoms with E-state index in [1.165, 1.54) is 0 Å². The van der Waals surface area contributed by atoms with Gasteiger partial charge in [0.05, 0.1) is 11.5 Å². The highest BCUT2D eigenvalue weighted by Gasteiger charge is 2.31. The van der Waals surface area contributed by atoms with E-state index in [0.29, 0.717) is 6.42 Å². The molecule has 2 rings (SSSR count). The highest BCUT2D eigenvalue weighted by atomic mass is 32.2. The predicted octanol–water partition coefficient (Wildman–Crippen LogP) is 0.311. The summed E-state index contributed by atoms with van der Waals surface area (Å²) in [6.45, 7) is 0. The van der Waals surface area contributed by atoms with Gasteiger partial charge in [0.15, 0.2) is 9.84 Å². The van der Waals surface area contributed by atoms with Crippen molar-refractivity contribution in [2.45, 2.75) is 18.4 Å². The number of aromatic nitrogens is 1. The maximum Gasteiger partial charge on any atom is 0.151 e. The first-order valence-electron chi connectivity index (χ1n) is 4.94. The molecule has 2 N–H and O–H groups in total. The third kappa shape index (κ3) is 2.35. The van der Waals surface area contributed by atoms with Crippen LogP contribution in [0.1, 0.15) is 17.9 Å². The minimum atomic E-state index is -2.91. The van der Waals surface area contributed by atoms with E-state index in [4.69, 9.17) is 5.73 Å². The lowest BCUT2D eigenvalue weighted by molar-refractivity contribution is 0.504. The molecule has 4 nitrogen and oxygen atoms in total. The van der Waals surface area contributed by atoms with Crippen LogP contribution in [0.15, 0.2) is 24.5 Å². The Morgan fingerprint density at radius 1 is 1.33 bits per heavy atom. The second kappa shape index (κ2) is 3.90. The van der Waals surface area contributed by atoms with Crippen molar-refractivity contribution >= 4 is 9.84 Å². The Morgan fingerprint density at radius 2 is 2.00 bits per heavy atom. The fourth-order valence-electron chi connectivity index (χ4n) is 1.95. The minimum absolute atomic E-state index is 0.0593. The molecule has 0 amide bonds. The van der Waals surface area contributed by atoms with Gasteiger partial charge in [-0.05, 0) is 24.1 Å². The summed E-state index contributed by atoms with van der Waals surface area (Å²) in [4.78, 5) is 3.91. The standard InChI is InChI=1S/C10H14N2O2S/c11-10-3-6-15(13,14)7-9(10)8-1-4-12-5-2-8/h1-2,4-5,9-10H,3,6-7,11H2. The Hall–Kier alpha value is -0.940. The lowest BCUT2D eigenvalue weighted by Gasteiger charge is -2.28. The van der Waals surface area contributed by atoms with Gasteiger partial charge in [-0.25, -0.2) is 8.42 Å². The van der Waals surface area contributed by atoms with Gasteiger partial charge in [0.1, 0.15) is 0 Å². The lowest BCUT2D eigenvalue weighted by Crippen LogP contribution is -2.40. The van der Waals surface area contributed by atoms with Crippen LogP contribution in [0.2, 0.25) is 0 Å². The van der Waals surface area contributed by atoms with E-state index in [9.17, 15) is 8.42 Å². The number of pyridine rings is 1. The fourth-order valence-corrected chi connectivity index (χ4v) is 3.74. The average Bonchev–Trinajstić information content (AvgIpc) is 2.23. The van der Waals surface area contributed by atoms with Gasteiger partial charge in [0, 0.05) is 24.4 Å². The minimum Gasteiger partial charge on any atom is -0.327 e. The molecule has 5 heteroatoms. The molecule has 2 unspecified atom stereocenters. The van der Waals surface area contributed by atoms with Crippen LogP contribution in [0.3, 0.4) is 0 Å². The molecule has 2 heterocycles. The van der Waals surface area contributed by atoms with Crippen molar-refractivity contribution in [1.29, 1.82) is 0 Å². The van der Waals surface area contributed by atoms with Crippen molar-refractivity contribution in [2.75, 3.05) is 11.5 Å². The summed E-state index contributed by atoms with van der Waals surface area (Å²) in [5.74, 6) is 0.306. The van der Waals surface area contributed by atoms with Crippen LogP contribution >= 0.6 is 0 Å². The van der Waals surface area contributed by atoms with Crippen LogP contribution in [0, 0.1) is 0 Å². The molecule has 0 spiro atoms. The second-order valence-corrected chi connectivity index (χ2v) is 6.18. The van der Waals surface area contributed by atoms with Crippen molar-refractivity contribution in [3.8, 4) is 0 Å². The maximum absolute atomic E-state index is 11.5. The number of nitrogens with two attached hydrogens (primary N) is 1. The Bertz CT molecular complexity index is 430. The average molecular weight is 226 g/mol. The normalized spacial score (nSPS) is 29.9. The molecule has 0 aromatic carbocycles. The van der Waals surface area contributed by atoms with E-state index in [1.54, 1.807) is 12.4 Å². The van der Waals surface area contributed by atoms with Crippen molar-refractivity contribution < 1.29 is 8.42 Å². The number of nitrogens with zero attached hydrogens (tertiary/aromatic N) is 1. The van der Waals surface area contributed by atoms with Crippen LogP contribution in [0.25, 0.3) is 0 Å².